The normalized spacial score (nSPS) is 13.9. The van der Waals surface area contributed by atoms with Crippen LogP contribution in [0.3, 0.4) is 0 Å². The van der Waals surface area contributed by atoms with Gasteiger partial charge >= 0.3 is 39.5 Å². The molecule has 672 valence electrons. The second-order valence-electron chi connectivity index (χ2n) is 34.5. The monoisotopic (exact) mass is 1650 g/mol. The molecular formula is C94H184O17P2. The molecule has 0 radical (unpaired) electrons. The SMILES string of the molecule is CCCCCCCCCCCCCCCCCCCCCCCC(=O)OC[C@H](COP(=O)(O)OC[C@@H](O)COP(=O)(O)OC[C@@H](COC(=O)CCCCCCCCC(C)CC)OC(=O)CCCCCCCCCCCCCCCCCCCCCCC)OC(=O)CCCCCCCCCCCCCCCCCCCCC(C)C. The van der Waals surface area contributed by atoms with E-state index in [9.17, 15) is 43.2 Å². The van der Waals surface area contributed by atoms with Crippen LogP contribution in [-0.2, 0) is 65.4 Å². The molecule has 0 rings (SSSR count). The molecule has 0 aromatic rings. The van der Waals surface area contributed by atoms with E-state index >= 15 is 0 Å². The third-order valence-electron chi connectivity index (χ3n) is 22.6. The number of hydrogen-bond donors (Lipinski definition) is 3. The van der Waals surface area contributed by atoms with Gasteiger partial charge in [-0.25, -0.2) is 9.13 Å². The van der Waals surface area contributed by atoms with E-state index in [0.29, 0.717) is 25.7 Å². The minimum Gasteiger partial charge on any atom is -0.462 e. The fourth-order valence-corrected chi connectivity index (χ4v) is 16.4. The smallest absolute Gasteiger partial charge is 0.462 e. The van der Waals surface area contributed by atoms with Crippen molar-refractivity contribution in [2.24, 2.45) is 11.8 Å². The number of aliphatic hydroxyl groups is 1. The van der Waals surface area contributed by atoms with Crippen molar-refractivity contribution in [1.82, 2.24) is 0 Å². The molecule has 0 fully saturated rings. The van der Waals surface area contributed by atoms with Crippen LogP contribution >= 0.6 is 15.6 Å². The molecule has 19 heteroatoms. The number of phosphoric acid groups is 2. The number of esters is 4. The minimum absolute atomic E-state index is 0.108. The topological polar surface area (TPSA) is 237 Å². The zero-order valence-corrected chi connectivity index (χ0v) is 76.5. The highest BCUT2D eigenvalue weighted by Gasteiger charge is 2.31. The summed E-state index contributed by atoms with van der Waals surface area (Å²) in [7, 11) is -9.94. The van der Waals surface area contributed by atoms with Gasteiger partial charge in [0.2, 0.25) is 0 Å². The second kappa shape index (κ2) is 85.1. The highest BCUT2D eigenvalue weighted by Crippen LogP contribution is 2.45. The van der Waals surface area contributed by atoms with Crippen molar-refractivity contribution < 1.29 is 80.2 Å². The summed E-state index contributed by atoms with van der Waals surface area (Å²) in [4.78, 5) is 73.5. The summed E-state index contributed by atoms with van der Waals surface area (Å²) in [6.45, 7) is 9.71. The predicted octanol–water partition coefficient (Wildman–Crippen LogP) is 29.4. The van der Waals surface area contributed by atoms with Crippen molar-refractivity contribution in [3.05, 3.63) is 0 Å². The molecular weight excluding hydrogens is 1460 g/mol. The zero-order chi connectivity index (χ0) is 82.7. The first-order valence-corrected chi connectivity index (χ1v) is 51.5. The Labute approximate surface area is 696 Å². The fraction of sp³-hybridized carbons (Fsp3) is 0.957. The molecule has 0 bridgehead atoms. The first-order chi connectivity index (χ1) is 54.9. The number of carbonyl (C=O) groups excluding carboxylic acids is 4. The van der Waals surface area contributed by atoms with Crippen molar-refractivity contribution in [3.8, 4) is 0 Å². The van der Waals surface area contributed by atoms with Crippen LogP contribution in [0.1, 0.15) is 510 Å². The van der Waals surface area contributed by atoms with E-state index < -0.39 is 97.5 Å². The number of ether oxygens (including phenoxy) is 4. The van der Waals surface area contributed by atoms with Crippen LogP contribution in [-0.4, -0.2) is 96.7 Å². The van der Waals surface area contributed by atoms with Crippen LogP contribution in [0.4, 0.5) is 0 Å². The summed E-state index contributed by atoms with van der Waals surface area (Å²) >= 11 is 0. The summed E-state index contributed by atoms with van der Waals surface area (Å²) in [5.41, 5.74) is 0. The predicted molar refractivity (Wildman–Crippen MR) is 469 cm³/mol. The average molecular weight is 1650 g/mol. The van der Waals surface area contributed by atoms with Gasteiger partial charge in [-0.1, -0.05) is 459 Å². The quantitative estimate of drug-likeness (QED) is 0.0222. The van der Waals surface area contributed by atoms with Crippen molar-refractivity contribution in [2.45, 2.75) is 529 Å². The summed E-state index contributed by atoms with van der Waals surface area (Å²) in [5.74, 6) is -0.545. The number of unbranched alkanes of at least 4 members (excludes halogenated alkanes) is 62. The lowest BCUT2D eigenvalue weighted by Gasteiger charge is -2.21. The van der Waals surface area contributed by atoms with Crippen molar-refractivity contribution in [2.75, 3.05) is 39.6 Å². The molecule has 0 aromatic carbocycles. The lowest BCUT2D eigenvalue weighted by atomic mass is 10.00. The van der Waals surface area contributed by atoms with Crippen LogP contribution in [0, 0.1) is 11.8 Å². The molecule has 0 aliphatic heterocycles. The highest BCUT2D eigenvalue weighted by molar-refractivity contribution is 7.47. The maximum atomic E-state index is 13.2. The molecule has 0 spiro atoms. The van der Waals surface area contributed by atoms with Gasteiger partial charge in [0.05, 0.1) is 26.4 Å². The molecule has 0 saturated carbocycles. The van der Waals surface area contributed by atoms with Gasteiger partial charge in [-0.2, -0.15) is 0 Å². The Morgan fingerprint density at radius 3 is 0.673 bits per heavy atom. The van der Waals surface area contributed by atoms with Gasteiger partial charge in [-0.3, -0.25) is 37.3 Å². The zero-order valence-electron chi connectivity index (χ0n) is 74.7. The van der Waals surface area contributed by atoms with E-state index in [0.717, 1.165) is 108 Å². The molecule has 0 aliphatic rings. The van der Waals surface area contributed by atoms with Crippen molar-refractivity contribution in [3.63, 3.8) is 0 Å². The van der Waals surface area contributed by atoms with Crippen LogP contribution in [0.2, 0.25) is 0 Å². The molecule has 17 nitrogen and oxygen atoms in total. The molecule has 0 aromatic heterocycles. The largest absolute Gasteiger partial charge is 0.472 e. The van der Waals surface area contributed by atoms with Crippen molar-refractivity contribution in [1.29, 1.82) is 0 Å². The van der Waals surface area contributed by atoms with E-state index in [2.05, 4.69) is 41.5 Å². The molecule has 0 aliphatic carbocycles. The van der Waals surface area contributed by atoms with E-state index in [-0.39, 0.29) is 25.7 Å². The number of aliphatic hydroxyl groups excluding tert-OH is 1. The van der Waals surface area contributed by atoms with Crippen LogP contribution in [0.25, 0.3) is 0 Å². The second-order valence-corrected chi connectivity index (χ2v) is 37.4. The molecule has 3 N–H and O–H groups in total. The summed E-state index contributed by atoms with van der Waals surface area (Å²) in [6, 6.07) is 0. The van der Waals surface area contributed by atoms with Gasteiger partial charge in [-0.05, 0) is 37.5 Å². The average Bonchev–Trinajstić information content (AvgIpc) is 0.903. The lowest BCUT2D eigenvalue weighted by Crippen LogP contribution is -2.30. The minimum atomic E-state index is -4.97. The van der Waals surface area contributed by atoms with Gasteiger partial charge < -0.3 is 33.8 Å². The van der Waals surface area contributed by atoms with Gasteiger partial charge in [0, 0.05) is 25.7 Å². The Hall–Kier alpha value is -1.94. The summed E-state index contributed by atoms with van der Waals surface area (Å²) in [5, 5.41) is 10.7. The number of hydrogen-bond acceptors (Lipinski definition) is 15. The lowest BCUT2D eigenvalue weighted by molar-refractivity contribution is -0.161. The first-order valence-electron chi connectivity index (χ1n) is 48.5. The molecule has 0 heterocycles. The maximum absolute atomic E-state index is 13.2. The third kappa shape index (κ3) is 86.3. The van der Waals surface area contributed by atoms with E-state index in [1.165, 1.54) is 321 Å². The number of rotatable bonds is 93. The Bertz CT molecular complexity index is 2150. The van der Waals surface area contributed by atoms with Gasteiger partial charge in [0.1, 0.15) is 19.3 Å². The van der Waals surface area contributed by atoms with Crippen molar-refractivity contribution >= 4 is 39.5 Å². The van der Waals surface area contributed by atoms with Gasteiger partial charge in [0.15, 0.2) is 12.2 Å². The van der Waals surface area contributed by atoms with E-state index in [1.54, 1.807) is 0 Å². The van der Waals surface area contributed by atoms with Crippen LogP contribution in [0.5, 0.6) is 0 Å². The molecule has 113 heavy (non-hydrogen) atoms. The van der Waals surface area contributed by atoms with Gasteiger partial charge in [0.25, 0.3) is 0 Å². The standard InChI is InChI=1S/C94H184O17P2/c1-7-10-12-14-16-18-20-22-24-26-28-30-32-37-41-45-49-53-57-64-70-76-91(96)104-82-89(110-93(98)78-72-66-59-55-51-47-43-39-35-34-36-40-44-48-52-56-62-68-74-86(4)5)84-108-112(100,101)106-80-88(95)81-107-113(102,103)109-85-90(83-105-92(97)77-71-65-61-60-63-69-75-87(6)9-3)111-94(99)79-73-67-58-54-50-46-42-38-33-31-29-27-25-23-21-19-17-15-13-11-8-2/h86-90,95H,7-85H2,1-6H3,(H,100,101)(H,102,103)/t87?,88-,89-,90-/m1/s1. The van der Waals surface area contributed by atoms with E-state index in [4.69, 9.17) is 37.0 Å². The fourth-order valence-electron chi connectivity index (χ4n) is 14.8. The summed E-state index contributed by atoms with van der Waals surface area (Å²) in [6.07, 6.45) is 80.9. The molecule has 6 atom stereocenters. The highest BCUT2D eigenvalue weighted by atomic mass is 31.2. The van der Waals surface area contributed by atoms with Crippen LogP contribution < -0.4 is 0 Å². The molecule has 0 saturated heterocycles. The van der Waals surface area contributed by atoms with Gasteiger partial charge in [-0.15, -0.1) is 0 Å². The van der Waals surface area contributed by atoms with E-state index in [1.807, 2.05) is 0 Å². The Kier molecular flexibility index (Phi) is 83.6. The Morgan fingerprint density at radius 1 is 0.257 bits per heavy atom. The number of carbonyl (C=O) groups is 4. The molecule has 0 amide bonds. The van der Waals surface area contributed by atoms with Crippen LogP contribution in [0.15, 0.2) is 0 Å². The third-order valence-corrected chi connectivity index (χ3v) is 24.5. The number of phosphoric ester groups is 2. The maximum Gasteiger partial charge on any atom is 0.472 e. The Balaban J connectivity index is 5.20. The molecule has 3 unspecified atom stereocenters. The summed E-state index contributed by atoms with van der Waals surface area (Å²) < 4.78 is 69.1. The Morgan fingerprint density at radius 2 is 0.451 bits per heavy atom. The first kappa shape index (κ1) is 111.